The van der Waals surface area contributed by atoms with E-state index in [0.29, 0.717) is 0 Å². The van der Waals surface area contributed by atoms with E-state index in [9.17, 15) is 8.78 Å². The maximum atomic E-state index is 15.2. The molecule has 0 fully saturated rings. The zero-order valence-corrected chi connectivity index (χ0v) is 26.7. The molecule has 9 rings (SSSR count). The van der Waals surface area contributed by atoms with Gasteiger partial charge < -0.3 is 14.0 Å². The van der Waals surface area contributed by atoms with Crippen molar-refractivity contribution in [2.75, 3.05) is 4.90 Å². The number of aromatic nitrogens is 2. The van der Waals surface area contributed by atoms with Gasteiger partial charge in [-0.05, 0) is 91.9 Å². The number of anilines is 3. The minimum Gasteiger partial charge on any atom is -0.310 e. The average Bonchev–Trinajstić information content (AvgIpc) is 3.62. The first-order valence-corrected chi connectivity index (χ1v) is 16.2. The lowest BCUT2D eigenvalue weighted by Crippen LogP contribution is -2.10. The average molecular weight is 662 g/mol. The molecule has 0 aliphatic rings. The zero-order valence-electron chi connectivity index (χ0n) is 26.7. The SMILES string of the molecule is Cc1ccc(N(c2ccc3c(c2)c2ccccc2n3-c2ccc(F)cc2F)c2ccc3c(c2)c2ccccc2n3-c2ccc(F)cc2F)cc1. The molecule has 0 unspecified atom stereocenters. The molecule has 0 spiro atoms. The first-order valence-electron chi connectivity index (χ1n) is 16.2. The first kappa shape index (κ1) is 29.8. The van der Waals surface area contributed by atoms with Crippen LogP contribution < -0.4 is 4.90 Å². The molecule has 0 saturated heterocycles. The third-order valence-electron chi connectivity index (χ3n) is 9.42. The van der Waals surface area contributed by atoms with Crippen LogP contribution in [-0.2, 0) is 0 Å². The van der Waals surface area contributed by atoms with Crippen molar-refractivity contribution in [2.45, 2.75) is 6.92 Å². The highest BCUT2D eigenvalue weighted by molar-refractivity contribution is 6.12. The highest BCUT2D eigenvalue weighted by Gasteiger charge is 2.21. The van der Waals surface area contributed by atoms with E-state index in [-0.39, 0.29) is 11.4 Å². The number of benzene rings is 7. The molecule has 9 aromatic rings. The second kappa shape index (κ2) is 11.4. The maximum absolute atomic E-state index is 15.2. The normalized spacial score (nSPS) is 11.7. The Labute approximate surface area is 284 Å². The second-order valence-corrected chi connectivity index (χ2v) is 12.5. The quantitative estimate of drug-likeness (QED) is 0.167. The van der Waals surface area contributed by atoms with Gasteiger partial charge >= 0.3 is 0 Å². The summed E-state index contributed by atoms with van der Waals surface area (Å²) in [6, 6.07) is 43.2. The molecule has 0 saturated carbocycles. The number of rotatable bonds is 5. The van der Waals surface area contributed by atoms with Gasteiger partial charge in [0.05, 0.1) is 33.4 Å². The molecule has 0 amide bonds. The fraction of sp³-hybridized carbons (Fsp3) is 0.0233. The molecule has 7 aromatic carbocycles. The summed E-state index contributed by atoms with van der Waals surface area (Å²) in [5.41, 5.74) is 7.48. The van der Waals surface area contributed by atoms with Gasteiger partial charge in [-0.1, -0.05) is 54.1 Å². The lowest BCUT2D eigenvalue weighted by atomic mass is 10.1. The van der Waals surface area contributed by atoms with Gasteiger partial charge in [0, 0.05) is 50.7 Å². The Balaban J connectivity index is 1.28. The van der Waals surface area contributed by atoms with Crippen molar-refractivity contribution in [3.63, 3.8) is 0 Å². The van der Waals surface area contributed by atoms with Crippen LogP contribution in [0.15, 0.2) is 146 Å². The molecular formula is C43H27F4N3. The maximum Gasteiger partial charge on any atom is 0.150 e. The van der Waals surface area contributed by atoms with Crippen molar-refractivity contribution >= 4 is 60.7 Å². The van der Waals surface area contributed by atoms with Crippen LogP contribution in [0, 0.1) is 30.2 Å². The van der Waals surface area contributed by atoms with E-state index in [1.165, 1.54) is 24.3 Å². The number of fused-ring (bicyclic) bond motifs is 6. The summed E-state index contributed by atoms with van der Waals surface area (Å²) in [6.45, 7) is 2.04. The summed E-state index contributed by atoms with van der Waals surface area (Å²) in [6.07, 6.45) is 0. The third-order valence-corrected chi connectivity index (χ3v) is 9.42. The van der Waals surface area contributed by atoms with Crippen LogP contribution in [0.5, 0.6) is 0 Å². The molecule has 50 heavy (non-hydrogen) atoms. The number of hydrogen-bond acceptors (Lipinski definition) is 1. The van der Waals surface area contributed by atoms with Crippen LogP contribution >= 0.6 is 0 Å². The minimum absolute atomic E-state index is 0.264. The predicted octanol–water partition coefficient (Wildman–Crippen LogP) is 12.2. The number of para-hydroxylation sites is 2. The lowest BCUT2D eigenvalue weighted by Gasteiger charge is -2.26. The number of halogens is 4. The topological polar surface area (TPSA) is 13.1 Å². The first-order chi connectivity index (χ1) is 24.4. The van der Waals surface area contributed by atoms with Gasteiger partial charge in [-0.2, -0.15) is 0 Å². The van der Waals surface area contributed by atoms with Gasteiger partial charge in [0.15, 0.2) is 0 Å². The summed E-state index contributed by atoms with van der Waals surface area (Å²) >= 11 is 0. The summed E-state index contributed by atoms with van der Waals surface area (Å²) < 4.78 is 62.0. The Kier molecular flexibility index (Phi) is 6.78. The van der Waals surface area contributed by atoms with Gasteiger partial charge in [0.2, 0.25) is 0 Å². The molecule has 2 heterocycles. The Bertz CT molecular complexity index is 2610. The molecule has 242 valence electrons. The second-order valence-electron chi connectivity index (χ2n) is 12.5. The van der Waals surface area contributed by atoms with Gasteiger partial charge in [-0.3, -0.25) is 0 Å². The van der Waals surface area contributed by atoms with Gasteiger partial charge in [0.1, 0.15) is 23.3 Å². The fourth-order valence-electron chi connectivity index (χ4n) is 7.19. The third kappa shape index (κ3) is 4.65. The Hall–Kier alpha value is -6.34. The lowest BCUT2D eigenvalue weighted by molar-refractivity contribution is 0.578. The van der Waals surface area contributed by atoms with Crippen LogP contribution in [-0.4, -0.2) is 9.13 Å². The number of hydrogen-bond donors (Lipinski definition) is 0. The summed E-state index contributed by atoms with van der Waals surface area (Å²) in [7, 11) is 0. The molecule has 0 radical (unpaired) electrons. The van der Waals surface area contributed by atoms with E-state index in [0.717, 1.165) is 78.4 Å². The highest BCUT2D eigenvalue weighted by atomic mass is 19.1. The van der Waals surface area contributed by atoms with E-state index in [1.54, 1.807) is 0 Å². The van der Waals surface area contributed by atoms with Crippen LogP contribution in [0.4, 0.5) is 34.6 Å². The van der Waals surface area contributed by atoms with Crippen molar-refractivity contribution in [1.29, 1.82) is 0 Å². The Morgan fingerprint density at radius 3 is 1.28 bits per heavy atom. The summed E-state index contributed by atoms with van der Waals surface area (Å²) in [5.74, 6) is -2.56. The highest BCUT2D eigenvalue weighted by Crippen LogP contribution is 2.42. The molecule has 0 N–H and O–H groups in total. The minimum atomic E-state index is -0.647. The zero-order chi connectivity index (χ0) is 34.1. The van der Waals surface area contributed by atoms with Crippen LogP contribution in [0.25, 0.3) is 55.0 Å². The van der Waals surface area contributed by atoms with E-state index < -0.39 is 23.3 Å². The molecule has 0 aliphatic heterocycles. The Morgan fingerprint density at radius 2 is 0.820 bits per heavy atom. The molecule has 0 atom stereocenters. The van der Waals surface area contributed by atoms with Crippen molar-refractivity contribution < 1.29 is 17.6 Å². The summed E-state index contributed by atoms with van der Waals surface area (Å²) in [5, 5.41) is 3.67. The largest absolute Gasteiger partial charge is 0.310 e. The van der Waals surface area contributed by atoms with Crippen molar-refractivity contribution in [2.24, 2.45) is 0 Å². The molecule has 2 aromatic heterocycles. The van der Waals surface area contributed by atoms with Crippen molar-refractivity contribution in [3.8, 4) is 11.4 Å². The predicted molar refractivity (Wildman–Crippen MR) is 194 cm³/mol. The standard InChI is InChI=1S/C43H27F4N3/c1-26-10-14-29(15-11-26)48(30-16-20-40-34(24-30)32-6-2-4-8-38(32)49(40)42-18-12-27(44)22-36(42)46)31-17-21-41-35(25-31)33-7-3-5-9-39(33)50(41)43-19-13-28(45)23-37(43)47/h2-25H,1H3. The molecular weight excluding hydrogens is 634 g/mol. The Morgan fingerprint density at radius 1 is 0.400 bits per heavy atom. The molecule has 0 bridgehead atoms. The van der Waals surface area contributed by atoms with Crippen LogP contribution in [0.3, 0.4) is 0 Å². The van der Waals surface area contributed by atoms with Gasteiger partial charge in [-0.25, -0.2) is 17.6 Å². The van der Waals surface area contributed by atoms with Crippen molar-refractivity contribution in [1.82, 2.24) is 9.13 Å². The smallest absolute Gasteiger partial charge is 0.150 e. The van der Waals surface area contributed by atoms with E-state index in [1.807, 2.05) is 88.9 Å². The fourth-order valence-corrected chi connectivity index (χ4v) is 7.19. The monoisotopic (exact) mass is 661 g/mol. The molecule has 3 nitrogen and oxygen atoms in total. The van der Waals surface area contributed by atoms with E-state index in [4.69, 9.17) is 0 Å². The van der Waals surface area contributed by atoms with Gasteiger partial charge in [0.25, 0.3) is 0 Å². The number of nitrogens with zero attached hydrogens (tertiary/aromatic N) is 3. The van der Waals surface area contributed by atoms with E-state index >= 15 is 8.78 Å². The van der Waals surface area contributed by atoms with Crippen LogP contribution in [0.2, 0.25) is 0 Å². The van der Waals surface area contributed by atoms with Crippen LogP contribution in [0.1, 0.15) is 5.56 Å². The molecule has 0 aliphatic carbocycles. The van der Waals surface area contributed by atoms with Crippen molar-refractivity contribution in [3.05, 3.63) is 174 Å². The summed E-state index contributed by atoms with van der Waals surface area (Å²) in [4.78, 5) is 2.16. The molecule has 7 heteroatoms. The number of aryl methyl sites for hydroxylation is 1. The van der Waals surface area contributed by atoms with Gasteiger partial charge in [-0.15, -0.1) is 0 Å². The van der Waals surface area contributed by atoms with E-state index in [2.05, 4.69) is 41.3 Å².